The Morgan fingerprint density at radius 1 is 1.30 bits per heavy atom. The highest BCUT2D eigenvalue weighted by Crippen LogP contribution is 2.35. The van der Waals surface area contributed by atoms with Gasteiger partial charge >= 0.3 is 5.97 Å². The second-order valence-electron chi connectivity index (χ2n) is 8.34. The Labute approximate surface area is 199 Å². The summed E-state index contributed by atoms with van der Waals surface area (Å²) in [5, 5.41) is 23.1. The van der Waals surface area contributed by atoms with Gasteiger partial charge in [-0.05, 0) is 62.2 Å². The number of ether oxygens (including phenoxy) is 2. The topological polar surface area (TPSA) is 96.5 Å². The van der Waals surface area contributed by atoms with Gasteiger partial charge < -0.3 is 24.5 Å². The molecule has 2 heterocycles. The molecule has 33 heavy (non-hydrogen) atoms. The third-order valence-electron chi connectivity index (χ3n) is 5.71. The maximum atomic E-state index is 11.3. The Hall–Kier alpha value is -3.21. The standard InChI is InChI=1S/C25H27N3O4.ClH/c1-15(2)32-23-7-4-17(10-18(23)13-26)14-31-19-5-6-22-20(11-19)16(3)25-21(12-24(29)30)27-8-9-28(22)25;/h4-7,10-11,15,21,27H,8-9,12,14H2,1-3H3,(H,29,30);1H. The summed E-state index contributed by atoms with van der Waals surface area (Å²) < 4.78 is 13.9. The molecule has 7 nitrogen and oxygen atoms in total. The molecular formula is C25H28ClN3O4. The van der Waals surface area contributed by atoms with Crippen LogP contribution in [-0.4, -0.2) is 28.3 Å². The first-order chi connectivity index (χ1) is 15.4. The highest BCUT2D eigenvalue weighted by molar-refractivity contribution is 5.87. The van der Waals surface area contributed by atoms with Crippen molar-refractivity contribution < 1.29 is 19.4 Å². The van der Waals surface area contributed by atoms with Gasteiger partial charge in [-0.15, -0.1) is 12.4 Å². The van der Waals surface area contributed by atoms with Gasteiger partial charge in [0.1, 0.15) is 24.2 Å². The number of rotatable bonds is 7. The van der Waals surface area contributed by atoms with Crippen molar-refractivity contribution in [2.75, 3.05) is 6.54 Å². The first-order valence-corrected chi connectivity index (χ1v) is 10.8. The van der Waals surface area contributed by atoms with E-state index < -0.39 is 5.97 Å². The predicted octanol–water partition coefficient (Wildman–Crippen LogP) is 4.73. The lowest BCUT2D eigenvalue weighted by Gasteiger charge is -2.26. The lowest BCUT2D eigenvalue weighted by Crippen LogP contribution is -2.34. The Morgan fingerprint density at radius 3 is 2.79 bits per heavy atom. The number of fused-ring (bicyclic) bond motifs is 3. The lowest BCUT2D eigenvalue weighted by atomic mass is 10.0. The van der Waals surface area contributed by atoms with E-state index in [1.807, 2.05) is 51.1 Å². The fourth-order valence-electron chi connectivity index (χ4n) is 4.37. The molecular weight excluding hydrogens is 442 g/mol. The molecule has 1 aliphatic rings. The lowest BCUT2D eigenvalue weighted by molar-refractivity contribution is -0.137. The summed E-state index contributed by atoms with van der Waals surface area (Å²) in [4.78, 5) is 11.3. The molecule has 1 atom stereocenters. The molecule has 174 valence electrons. The zero-order valence-corrected chi connectivity index (χ0v) is 19.7. The van der Waals surface area contributed by atoms with E-state index in [9.17, 15) is 15.2 Å². The zero-order valence-electron chi connectivity index (χ0n) is 18.9. The summed E-state index contributed by atoms with van der Waals surface area (Å²) in [5.41, 5.74) is 4.57. The van der Waals surface area contributed by atoms with E-state index in [0.717, 1.165) is 46.6 Å². The normalized spacial score (nSPS) is 14.9. The molecule has 4 rings (SSSR count). The highest BCUT2D eigenvalue weighted by Gasteiger charge is 2.27. The summed E-state index contributed by atoms with van der Waals surface area (Å²) in [6, 6.07) is 13.5. The number of nitrogens with zero attached hydrogens (tertiary/aromatic N) is 2. The van der Waals surface area contributed by atoms with Crippen LogP contribution >= 0.6 is 12.4 Å². The van der Waals surface area contributed by atoms with Crippen molar-refractivity contribution in [2.24, 2.45) is 0 Å². The van der Waals surface area contributed by atoms with Crippen LogP contribution in [0.25, 0.3) is 10.9 Å². The van der Waals surface area contributed by atoms with Crippen molar-refractivity contribution in [1.82, 2.24) is 9.88 Å². The van der Waals surface area contributed by atoms with Crippen molar-refractivity contribution in [2.45, 2.75) is 52.5 Å². The molecule has 0 radical (unpaired) electrons. The fraction of sp³-hybridized carbons (Fsp3) is 0.360. The number of halogens is 1. The molecule has 1 aliphatic heterocycles. The van der Waals surface area contributed by atoms with Crippen LogP contribution in [0, 0.1) is 18.3 Å². The van der Waals surface area contributed by atoms with Crippen molar-refractivity contribution >= 4 is 29.3 Å². The number of benzene rings is 2. The van der Waals surface area contributed by atoms with Crippen molar-refractivity contribution in [3.05, 3.63) is 58.8 Å². The SMILES string of the molecule is Cc1c2n(c3ccc(OCc4ccc(OC(C)C)c(C#N)c4)cc13)CCNC2CC(=O)O.Cl. The summed E-state index contributed by atoms with van der Waals surface area (Å²) in [7, 11) is 0. The fourth-order valence-corrected chi connectivity index (χ4v) is 4.37. The average Bonchev–Trinajstić information content (AvgIpc) is 3.05. The molecule has 0 spiro atoms. The van der Waals surface area contributed by atoms with Crippen molar-refractivity contribution in [3.63, 3.8) is 0 Å². The molecule has 0 bridgehead atoms. The van der Waals surface area contributed by atoms with Crippen molar-refractivity contribution in [3.8, 4) is 17.6 Å². The number of carboxylic acids is 1. The van der Waals surface area contributed by atoms with Gasteiger partial charge in [0, 0.05) is 29.7 Å². The zero-order chi connectivity index (χ0) is 22.8. The van der Waals surface area contributed by atoms with E-state index in [0.29, 0.717) is 17.9 Å². The monoisotopic (exact) mass is 469 g/mol. The van der Waals surface area contributed by atoms with Gasteiger partial charge in [0.15, 0.2) is 0 Å². The molecule has 0 aliphatic carbocycles. The van der Waals surface area contributed by atoms with Gasteiger partial charge in [-0.2, -0.15) is 5.26 Å². The highest BCUT2D eigenvalue weighted by atomic mass is 35.5. The quantitative estimate of drug-likeness (QED) is 0.519. The minimum Gasteiger partial charge on any atom is -0.490 e. The molecule has 2 aromatic carbocycles. The van der Waals surface area contributed by atoms with Gasteiger partial charge in [0.05, 0.1) is 24.1 Å². The largest absolute Gasteiger partial charge is 0.490 e. The number of nitrogens with one attached hydrogen (secondary N) is 1. The number of hydrogen-bond donors (Lipinski definition) is 2. The molecule has 8 heteroatoms. The summed E-state index contributed by atoms with van der Waals surface area (Å²) >= 11 is 0. The molecule has 0 saturated heterocycles. The third-order valence-corrected chi connectivity index (χ3v) is 5.71. The molecule has 0 fully saturated rings. The van der Waals surface area contributed by atoms with Gasteiger partial charge in [0.2, 0.25) is 0 Å². The van der Waals surface area contributed by atoms with E-state index in [-0.39, 0.29) is 31.0 Å². The Bertz CT molecular complexity index is 1210. The number of aliphatic carboxylic acids is 1. The number of aromatic nitrogens is 1. The molecule has 0 amide bonds. The number of aryl methyl sites for hydroxylation is 1. The Morgan fingerprint density at radius 2 is 2.09 bits per heavy atom. The number of nitriles is 1. The second kappa shape index (κ2) is 10.2. The van der Waals surface area contributed by atoms with Gasteiger partial charge in [-0.1, -0.05) is 6.07 Å². The van der Waals surface area contributed by atoms with E-state index in [1.54, 1.807) is 6.07 Å². The van der Waals surface area contributed by atoms with Crippen LogP contribution in [0.4, 0.5) is 0 Å². The van der Waals surface area contributed by atoms with E-state index in [4.69, 9.17) is 9.47 Å². The maximum Gasteiger partial charge on any atom is 0.305 e. The van der Waals surface area contributed by atoms with Crippen LogP contribution in [0.2, 0.25) is 0 Å². The van der Waals surface area contributed by atoms with E-state index in [1.165, 1.54) is 0 Å². The van der Waals surface area contributed by atoms with Crippen LogP contribution in [0.5, 0.6) is 11.5 Å². The van der Waals surface area contributed by atoms with Crippen LogP contribution < -0.4 is 14.8 Å². The first-order valence-electron chi connectivity index (χ1n) is 10.8. The molecule has 2 N–H and O–H groups in total. The molecule has 3 aromatic rings. The minimum absolute atomic E-state index is 0. The van der Waals surface area contributed by atoms with Gasteiger partial charge in [-0.25, -0.2) is 0 Å². The second-order valence-corrected chi connectivity index (χ2v) is 8.34. The third kappa shape index (κ3) is 5.08. The van der Waals surface area contributed by atoms with E-state index >= 15 is 0 Å². The van der Waals surface area contributed by atoms with Crippen molar-refractivity contribution in [1.29, 1.82) is 5.26 Å². The van der Waals surface area contributed by atoms with Crippen LogP contribution in [0.15, 0.2) is 36.4 Å². The molecule has 1 unspecified atom stereocenters. The Balaban J connectivity index is 0.00000306. The number of hydrogen-bond acceptors (Lipinski definition) is 5. The summed E-state index contributed by atoms with van der Waals surface area (Å²) in [6.45, 7) is 7.76. The van der Waals surface area contributed by atoms with Gasteiger partial charge in [0.25, 0.3) is 0 Å². The smallest absolute Gasteiger partial charge is 0.305 e. The van der Waals surface area contributed by atoms with Crippen LogP contribution in [0.1, 0.15) is 48.7 Å². The minimum atomic E-state index is -0.814. The molecule has 0 saturated carbocycles. The Kier molecular flexibility index (Phi) is 7.52. The summed E-state index contributed by atoms with van der Waals surface area (Å²) in [5.74, 6) is 0.491. The molecule has 1 aromatic heterocycles. The van der Waals surface area contributed by atoms with Gasteiger partial charge in [-0.3, -0.25) is 4.79 Å². The maximum absolute atomic E-state index is 11.3. The van der Waals surface area contributed by atoms with Crippen LogP contribution in [-0.2, 0) is 17.9 Å². The first kappa shape index (κ1) is 24.4. The predicted molar refractivity (Wildman–Crippen MR) is 128 cm³/mol. The number of carbonyl (C=O) groups is 1. The summed E-state index contributed by atoms with van der Waals surface area (Å²) in [6.07, 6.45) is 0.0517. The van der Waals surface area contributed by atoms with E-state index in [2.05, 4.69) is 16.0 Å². The number of carboxylic acid groups (broad SMARTS) is 1. The average molecular weight is 470 g/mol. The van der Waals surface area contributed by atoms with Crippen LogP contribution in [0.3, 0.4) is 0 Å².